The SMILES string of the molecule is CCOC(=O)NC(=O)C(C#N)=CNc1c(Cl)cccc1Cl. The van der Waals surface area contributed by atoms with Gasteiger partial charge in [-0.3, -0.25) is 10.1 Å². The lowest BCUT2D eigenvalue weighted by Crippen LogP contribution is -2.32. The van der Waals surface area contributed by atoms with E-state index in [4.69, 9.17) is 28.5 Å². The average molecular weight is 328 g/mol. The van der Waals surface area contributed by atoms with Crippen LogP contribution in [0.2, 0.25) is 10.0 Å². The summed E-state index contributed by atoms with van der Waals surface area (Å²) in [4.78, 5) is 22.7. The lowest BCUT2D eigenvalue weighted by molar-refractivity contribution is -0.116. The smallest absolute Gasteiger partial charge is 0.414 e. The van der Waals surface area contributed by atoms with Crippen molar-refractivity contribution >= 4 is 40.9 Å². The van der Waals surface area contributed by atoms with E-state index in [9.17, 15) is 9.59 Å². The van der Waals surface area contributed by atoms with Gasteiger partial charge in [0.2, 0.25) is 0 Å². The quantitative estimate of drug-likeness (QED) is 0.655. The summed E-state index contributed by atoms with van der Waals surface area (Å²) >= 11 is 11.9. The number of benzene rings is 1. The van der Waals surface area contributed by atoms with Crippen molar-refractivity contribution < 1.29 is 14.3 Å². The molecule has 0 atom stereocenters. The Hall–Kier alpha value is -2.23. The number of alkyl carbamates (subject to hydrolysis) is 1. The number of anilines is 1. The van der Waals surface area contributed by atoms with Crippen LogP contribution in [0.25, 0.3) is 0 Å². The molecular weight excluding hydrogens is 317 g/mol. The number of rotatable bonds is 4. The molecule has 0 bridgehead atoms. The molecule has 0 fully saturated rings. The van der Waals surface area contributed by atoms with Gasteiger partial charge in [-0.2, -0.15) is 5.26 Å². The molecule has 21 heavy (non-hydrogen) atoms. The fraction of sp³-hybridized carbons (Fsp3) is 0.154. The Morgan fingerprint density at radius 1 is 1.38 bits per heavy atom. The molecule has 1 rings (SSSR count). The summed E-state index contributed by atoms with van der Waals surface area (Å²) in [6.45, 7) is 1.70. The van der Waals surface area contributed by atoms with Crippen LogP contribution in [0.4, 0.5) is 10.5 Å². The minimum atomic E-state index is -0.931. The van der Waals surface area contributed by atoms with Crippen LogP contribution < -0.4 is 10.6 Å². The molecule has 0 spiro atoms. The number of imide groups is 1. The van der Waals surface area contributed by atoms with E-state index in [1.54, 1.807) is 31.2 Å². The van der Waals surface area contributed by atoms with Crippen LogP contribution in [0.15, 0.2) is 30.0 Å². The van der Waals surface area contributed by atoms with E-state index in [-0.39, 0.29) is 12.2 Å². The highest BCUT2D eigenvalue weighted by molar-refractivity contribution is 6.39. The molecule has 0 aliphatic carbocycles. The number of amides is 2. The third-order valence-electron chi connectivity index (χ3n) is 2.18. The van der Waals surface area contributed by atoms with E-state index in [1.165, 1.54) is 0 Å². The van der Waals surface area contributed by atoms with Gasteiger partial charge in [0, 0.05) is 6.20 Å². The maximum atomic E-state index is 11.6. The number of hydrogen-bond acceptors (Lipinski definition) is 5. The molecule has 0 unspecified atom stereocenters. The largest absolute Gasteiger partial charge is 0.450 e. The zero-order valence-electron chi connectivity index (χ0n) is 10.9. The van der Waals surface area contributed by atoms with Crippen LogP contribution in [0.1, 0.15) is 6.92 Å². The summed E-state index contributed by atoms with van der Waals surface area (Å²) in [6, 6.07) is 6.49. The van der Waals surface area contributed by atoms with Crippen LogP contribution in [0, 0.1) is 11.3 Å². The zero-order chi connectivity index (χ0) is 15.8. The minimum absolute atomic E-state index is 0.109. The van der Waals surface area contributed by atoms with Crippen LogP contribution >= 0.6 is 23.2 Å². The molecule has 2 amide bonds. The number of hydrogen-bond donors (Lipinski definition) is 2. The van der Waals surface area contributed by atoms with Gasteiger partial charge in [-0.05, 0) is 19.1 Å². The van der Waals surface area contributed by atoms with Gasteiger partial charge in [-0.1, -0.05) is 29.3 Å². The van der Waals surface area contributed by atoms with Crippen molar-refractivity contribution in [2.45, 2.75) is 6.92 Å². The molecule has 1 aromatic carbocycles. The highest BCUT2D eigenvalue weighted by Gasteiger charge is 2.14. The first-order chi connectivity index (χ1) is 9.99. The van der Waals surface area contributed by atoms with Gasteiger partial charge in [0.1, 0.15) is 11.6 Å². The zero-order valence-corrected chi connectivity index (χ0v) is 12.5. The van der Waals surface area contributed by atoms with Crippen molar-refractivity contribution in [1.29, 1.82) is 5.26 Å². The first-order valence-corrected chi connectivity index (χ1v) is 6.54. The molecule has 110 valence electrons. The van der Waals surface area contributed by atoms with Crippen molar-refractivity contribution in [3.63, 3.8) is 0 Å². The van der Waals surface area contributed by atoms with Gasteiger partial charge in [-0.25, -0.2) is 4.79 Å². The Bertz CT molecular complexity index is 603. The minimum Gasteiger partial charge on any atom is -0.450 e. The average Bonchev–Trinajstić information content (AvgIpc) is 2.42. The van der Waals surface area contributed by atoms with Crippen molar-refractivity contribution in [3.05, 3.63) is 40.0 Å². The van der Waals surface area contributed by atoms with Crippen LogP contribution in [-0.4, -0.2) is 18.6 Å². The van der Waals surface area contributed by atoms with Crippen LogP contribution in [0.5, 0.6) is 0 Å². The molecule has 0 saturated heterocycles. The van der Waals surface area contributed by atoms with E-state index in [0.29, 0.717) is 15.7 Å². The lowest BCUT2D eigenvalue weighted by Gasteiger charge is -2.07. The number of carbonyl (C=O) groups excluding carboxylic acids is 2. The second kappa shape index (κ2) is 8.15. The van der Waals surface area contributed by atoms with E-state index in [0.717, 1.165) is 6.20 Å². The third-order valence-corrected chi connectivity index (χ3v) is 2.81. The van der Waals surface area contributed by atoms with Crippen molar-refractivity contribution in [2.24, 2.45) is 0 Å². The number of halogens is 2. The molecule has 1 aromatic rings. The Morgan fingerprint density at radius 3 is 2.52 bits per heavy atom. The summed E-state index contributed by atoms with van der Waals surface area (Å²) in [7, 11) is 0. The van der Waals surface area contributed by atoms with Gasteiger partial charge < -0.3 is 10.1 Å². The summed E-state index contributed by atoms with van der Waals surface area (Å²) in [5, 5.41) is 14.1. The highest BCUT2D eigenvalue weighted by Crippen LogP contribution is 2.29. The normalized spacial score (nSPS) is 10.5. The first kappa shape index (κ1) is 16.8. The van der Waals surface area contributed by atoms with Crippen LogP contribution in [-0.2, 0) is 9.53 Å². The fourth-order valence-electron chi connectivity index (χ4n) is 1.26. The molecule has 8 heteroatoms. The van der Waals surface area contributed by atoms with Crippen molar-refractivity contribution in [1.82, 2.24) is 5.32 Å². The van der Waals surface area contributed by atoms with E-state index in [1.807, 2.05) is 5.32 Å². The fourth-order valence-corrected chi connectivity index (χ4v) is 1.76. The molecule has 0 saturated carbocycles. The highest BCUT2D eigenvalue weighted by atomic mass is 35.5. The summed E-state index contributed by atoms with van der Waals surface area (Å²) in [5.41, 5.74) is 0.0107. The van der Waals surface area contributed by atoms with E-state index < -0.39 is 12.0 Å². The van der Waals surface area contributed by atoms with E-state index in [2.05, 4.69) is 10.1 Å². The molecule has 6 nitrogen and oxygen atoms in total. The predicted octanol–water partition coefficient (Wildman–Crippen LogP) is 3.09. The Morgan fingerprint density at radius 2 is 2.00 bits per heavy atom. The molecule has 0 radical (unpaired) electrons. The van der Waals surface area contributed by atoms with Crippen molar-refractivity contribution in [3.8, 4) is 6.07 Å². The summed E-state index contributed by atoms with van der Waals surface area (Å²) in [5.74, 6) is -0.897. The first-order valence-electron chi connectivity index (χ1n) is 5.78. The van der Waals surface area contributed by atoms with Crippen LogP contribution in [0.3, 0.4) is 0 Å². The molecule has 2 N–H and O–H groups in total. The van der Waals surface area contributed by atoms with Gasteiger partial charge in [-0.15, -0.1) is 0 Å². The van der Waals surface area contributed by atoms with E-state index >= 15 is 0 Å². The summed E-state index contributed by atoms with van der Waals surface area (Å²) < 4.78 is 4.54. The lowest BCUT2D eigenvalue weighted by atomic mass is 10.3. The Balaban J connectivity index is 2.83. The second-order valence-corrected chi connectivity index (χ2v) is 4.40. The third kappa shape index (κ3) is 4.99. The monoisotopic (exact) mass is 327 g/mol. The van der Waals surface area contributed by atoms with Gasteiger partial charge >= 0.3 is 6.09 Å². The maximum Gasteiger partial charge on any atom is 0.414 e. The molecule has 0 heterocycles. The number of nitrogens with one attached hydrogen (secondary N) is 2. The Labute approximate surface area is 131 Å². The number of carbonyl (C=O) groups is 2. The molecule has 0 aromatic heterocycles. The number of nitriles is 1. The standard InChI is InChI=1S/C13H11Cl2N3O3/c1-2-21-13(20)18-12(19)8(6-16)7-17-11-9(14)4-3-5-10(11)15/h3-5,7,17H,2H2,1H3,(H,18,19,20). The molecule has 0 aliphatic heterocycles. The topological polar surface area (TPSA) is 91.2 Å². The van der Waals surface area contributed by atoms with Crippen molar-refractivity contribution in [2.75, 3.05) is 11.9 Å². The summed E-state index contributed by atoms with van der Waals surface area (Å²) in [6.07, 6.45) is 0.168. The number of ether oxygens (including phenoxy) is 1. The predicted molar refractivity (Wildman–Crippen MR) is 78.9 cm³/mol. The number of nitrogens with zero attached hydrogens (tertiary/aromatic N) is 1. The van der Waals surface area contributed by atoms with Gasteiger partial charge in [0.25, 0.3) is 5.91 Å². The number of para-hydroxylation sites is 1. The van der Waals surface area contributed by atoms with Gasteiger partial charge in [0.05, 0.1) is 22.3 Å². The second-order valence-electron chi connectivity index (χ2n) is 3.59. The molecular formula is C13H11Cl2N3O3. The Kier molecular flexibility index (Phi) is 6.53. The van der Waals surface area contributed by atoms with Gasteiger partial charge in [0.15, 0.2) is 0 Å². The maximum absolute atomic E-state index is 11.6. The molecule has 0 aliphatic rings.